The lowest BCUT2D eigenvalue weighted by Gasteiger charge is -2.42. The van der Waals surface area contributed by atoms with Crippen molar-refractivity contribution in [3.05, 3.63) is 17.6 Å². The normalized spacial score (nSPS) is 25.5. The average Bonchev–Trinajstić information content (AvgIpc) is 3.12. The van der Waals surface area contributed by atoms with E-state index in [9.17, 15) is 14.7 Å². The molecule has 0 saturated carbocycles. The van der Waals surface area contributed by atoms with Crippen LogP contribution >= 0.6 is 0 Å². The molecule has 1 aliphatic carbocycles. The topological polar surface area (TPSA) is 95.4 Å². The van der Waals surface area contributed by atoms with Gasteiger partial charge in [0.05, 0.1) is 11.5 Å². The number of carboxylic acid groups (broad SMARTS) is 1. The van der Waals surface area contributed by atoms with Crippen LogP contribution in [0, 0.1) is 5.92 Å². The minimum atomic E-state index is -0.875. The molecule has 122 valence electrons. The number of nitrogens with zero attached hydrogens (tertiary/aromatic N) is 3. The second-order valence-electron chi connectivity index (χ2n) is 6.76. The van der Waals surface area contributed by atoms with Gasteiger partial charge >= 0.3 is 5.97 Å². The van der Waals surface area contributed by atoms with Crippen molar-refractivity contribution in [1.82, 2.24) is 15.3 Å². The Kier molecular flexibility index (Phi) is 3.25. The number of aromatic nitrogens is 2. The van der Waals surface area contributed by atoms with Crippen molar-refractivity contribution >= 4 is 17.7 Å². The number of piperidine rings is 1. The predicted molar refractivity (Wildman–Crippen MR) is 82.1 cm³/mol. The van der Waals surface area contributed by atoms with Gasteiger partial charge in [0.25, 0.3) is 0 Å². The standard InChI is InChI=1S/C16H20N4O3/c21-13-8-11(15(22)23)16(19-13)4-6-20(7-5-16)14-10-2-1-3-12(10)17-9-18-14/h9,11H,1-8H2,(H,19,21)(H,22,23)/t11-/m0/s1. The molecule has 2 saturated heterocycles. The van der Waals surface area contributed by atoms with Gasteiger partial charge in [-0.25, -0.2) is 9.97 Å². The maximum absolute atomic E-state index is 11.7. The molecule has 1 amide bonds. The van der Waals surface area contributed by atoms with Gasteiger partial charge in [0.2, 0.25) is 5.91 Å². The molecule has 2 aliphatic heterocycles. The Morgan fingerprint density at radius 1 is 1.30 bits per heavy atom. The molecule has 3 heterocycles. The number of anilines is 1. The summed E-state index contributed by atoms with van der Waals surface area (Å²) in [6.07, 6.45) is 6.17. The summed E-state index contributed by atoms with van der Waals surface area (Å²) in [5.74, 6) is -0.639. The summed E-state index contributed by atoms with van der Waals surface area (Å²) >= 11 is 0. The van der Waals surface area contributed by atoms with E-state index in [0.29, 0.717) is 25.9 Å². The Balaban J connectivity index is 1.55. The predicted octanol–water partition coefficient (Wildman–Crippen LogP) is 0.525. The van der Waals surface area contributed by atoms with Crippen molar-refractivity contribution in [3.63, 3.8) is 0 Å². The van der Waals surface area contributed by atoms with Gasteiger partial charge in [-0.3, -0.25) is 9.59 Å². The molecular weight excluding hydrogens is 296 g/mol. The number of carbonyl (C=O) groups is 2. The smallest absolute Gasteiger partial charge is 0.309 e. The van der Waals surface area contributed by atoms with Crippen molar-refractivity contribution in [2.45, 2.75) is 44.1 Å². The van der Waals surface area contributed by atoms with Crippen LogP contribution in [-0.2, 0) is 22.4 Å². The number of hydrogen-bond acceptors (Lipinski definition) is 5. The molecular formula is C16H20N4O3. The number of fused-ring (bicyclic) bond motifs is 1. The van der Waals surface area contributed by atoms with Gasteiger partial charge in [0, 0.05) is 30.8 Å². The van der Waals surface area contributed by atoms with E-state index in [1.165, 1.54) is 5.56 Å². The lowest BCUT2D eigenvalue weighted by molar-refractivity contribution is -0.144. The van der Waals surface area contributed by atoms with Gasteiger partial charge < -0.3 is 15.3 Å². The number of rotatable bonds is 2. The van der Waals surface area contributed by atoms with Crippen molar-refractivity contribution in [1.29, 1.82) is 0 Å². The monoisotopic (exact) mass is 316 g/mol. The zero-order valence-electron chi connectivity index (χ0n) is 12.9. The van der Waals surface area contributed by atoms with Gasteiger partial charge in [-0.15, -0.1) is 0 Å². The van der Waals surface area contributed by atoms with Crippen molar-refractivity contribution in [2.75, 3.05) is 18.0 Å². The van der Waals surface area contributed by atoms with E-state index in [1.807, 2.05) is 0 Å². The van der Waals surface area contributed by atoms with Gasteiger partial charge in [-0.1, -0.05) is 0 Å². The second-order valence-corrected chi connectivity index (χ2v) is 6.76. The Hall–Kier alpha value is -2.18. The highest BCUT2D eigenvalue weighted by Gasteiger charge is 2.51. The molecule has 0 bridgehead atoms. The van der Waals surface area contributed by atoms with E-state index in [0.717, 1.165) is 30.8 Å². The zero-order chi connectivity index (χ0) is 16.0. The zero-order valence-corrected chi connectivity index (χ0v) is 12.9. The summed E-state index contributed by atoms with van der Waals surface area (Å²) in [4.78, 5) is 34.3. The molecule has 3 aliphatic rings. The van der Waals surface area contributed by atoms with E-state index in [2.05, 4.69) is 20.2 Å². The fourth-order valence-electron chi connectivity index (χ4n) is 4.33. The maximum atomic E-state index is 11.7. The van der Waals surface area contributed by atoms with Crippen molar-refractivity contribution < 1.29 is 14.7 Å². The van der Waals surface area contributed by atoms with Gasteiger partial charge in [-0.05, 0) is 32.1 Å². The van der Waals surface area contributed by atoms with E-state index >= 15 is 0 Å². The molecule has 7 heteroatoms. The largest absolute Gasteiger partial charge is 0.481 e. The Morgan fingerprint density at radius 3 is 2.83 bits per heavy atom. The summed E-state index contributed by atoms with van der Waals surface area (Å²) in [6, 6.07) is 0. The van der Waals surface area contributed by atoms with Crippen LogP contribution in [0.3, 0.4) is 0 Å². The van der Waals surface area contributed by atoms with Crippen LogP contribution in [0.4, 0.5) is 5.82 Å². The van der Waals surface area contributed by atoms with Gasteiger partial charge in [0.15, 0.2) is 0 Å². The first-order valence-electron chi connectivity index (χ1n) is 8.20. The summed E-state index contributed by atoms with van der Waals surface area (Å²) in [6.45, 7) is 1.43. The van der Waals surface area contributed by atoms with Crippen LogP contribution in [0.2, 0.25) is 0 Å². The fraction of sp³-hybridized carbons (Fsp3) is 0.625. The number of carbonyl (C=O) groups excluding carboxylic acids is 1. The molecule has 23 heavy (non-hydrogen) atoms. The van der Waals surface area contributed by atoms with E-state index < -0.39 is 17.4 Å². The Bertz CT molecular complexity index is 667. The second kappa shape index (κ2) is 5.18. The van der Waals surface area contributed by atoms with Gasteiger partial charge in [0.1, 0.15) is 12.1 Å². The van der Waals surface area contributed by atoms with Crippen molar-refractivity contribution in [3.8, 4) is 0 Å². The number of carboxylic acids is 1. The summed E-state index contributed by atoms with van der Waals surface area (Å²) in [5, 5.41) is 12.4. The van der Waals surface area contributed by atoms with E-state index in [4.69, 9.17) is 0 Å². The first-order chi connectivity index (χ1) is 11.1. The minimum absolute atomic E-state index is 0.0955. The lowest BCUT2D eigenvalue weighted by atomic mass is 9.77. The number of hydrogen-bond donors (Lipinski definition) is 2. The first kappa shape index (κ1) is 14.4. The van der Waals surface area contributed by atoms with Crippen molar-refractivity contribution in [2.24, 2.45) is 5.92 Å². The van der Waals surface area contributed by atoms with Crippen LogP contribution in [0.5, 0.6) is 0 Å². The van der Waals surface area contributed by atoms with Crippen LogP contribution in [0.1, 0.15) is 36.9 Å². The van der Waals surface area contributed by atoms with E-state index in [1.54, 1.807) is 6.33 Å². The SMILES string of the molecule is O=C1C[C@@H](C(=O)O)C2(CCN(c3ncnc4c3CCC4)CC2)N1. The molecule has 0 radical (unpaired) electrons. The highest BCUT2D eigenvalue weighted by molar-refractivity contribution is 5.88. The molecule has 7 nitrogen and oxygen atoms in total. The van der Waals surface area contributed by atoms with Gasteiger partial charge in [-0.2, -0.15) is 0 Å². The van der Waals surface area contributed by atoms with Crippen LogP contribution in [0.15, 0.2) is 6.33 Å². The number of nitrogens with one attached hydrogen (secondary N) is 1. The Morgan fingerprint density at radius 2 is 2.09 bits per heavy atom. The highest BCUT2D eigenvalue weighted by Crippen LogP contribution is 2.39. The third-order valence-corrected chi connectivity index (χ3v) is 5.55. The van der Waals surface area contributed by atoms with Crippen LogP contribution < -0.4 is 10.2 Å². The highest BCUT2D eigenvalue weighted by atomic mass is 16.4. The number of aryl methyl sites for hydroxylation is 1. The summed E-state index contributed by atoms with van der Waals surface area (Å²) < 4.78 is 0. The number of amides is 1. The first-order valence-corrected chi connectivity index (χ1v) is 8.20. The molecule has 0 aromatic carbocycles. The number of aliphatic carboxylic acids is 1. The molecule has 2 N–H and O–H groups in total. The molecule has 2 fully saturated rings. The maximum Gasteiger partial charge on any atom is 0.309 e. The summed E-state index contributed by atoms with van der Waals surface area (Å²) in [7, 11) is 0. The molecule has 1 aromatic heterocycles. The Labute approximate surface area is 134 Å². The lowest BCUT2D eigenvalue weighted by Crippen LogP contribution is -2.56. The minimum Gasteiger partial charge on any atom is -0.481 e. The molecule has 1 spiro atoms. The third kappa shape index (κ3) is 2.26. The third-order valence-electron chi connectivity index (χ3n) is 5.55. The summed E-state index contributed by atoms with van der Waals surface area (Å²) in [5.41, 5.74) is 1.80. The van der Waals surface area contributed by atoms with Crippen LogP contribution in [-0.4, -0.2) is 45.6 Å². The molecule has 1 atom stereocenters. The quantitative estimate of drug-likeness (QED) is 0.826. The molecule has 0 unspecified atom stereocenters. The van der Waals surface area contributed by atoms with E-state index in [-0.39, 0.29) is 12.3 Å². The average molecular weight is 316 g/mol. The van der Waals surface area contributed by atoms with Crippen LogP contribution in [0.25, 0.3) is 0 Å². The molecule has 1 aromatic rings. The fourth-order valence-corrected chi connectivity index (χ4v) is 4.33. The molecule has 4 rings (SSSR count).